The molecular formula is C12H15Br. The predicted octanol–water partition coefficient (Wildman–Crippen LogP) is 4.45. The van der Waals surface area contributed by atoms with Gasteiger partial charge in [-0.05, 0) is 41.9 Å². The van der Waals surface area contributed by atoms with Crippen molar-refractivity contribution in [1.82, 2.24) is 0 Å². The Bertz CT molecular complexity index is 311. The monoisotopic (exact) mass is 238 g/mol. The zero-order chi connectivity index (χ0) is 9.42. The minimum atomic E-state index is 0.629. The van der Waals surface area contributed by atoms with Crippen LogP contribution in [0.5, 0.6) is 0 Å². The highest BCUT2D eigenvalue weighted by molar-refractivity contribution is 9.10. The lowest BCUT2D eigenvalue weighted by Crippen LogP contribution is -1.89. The predicted molar refractivity (Wildman–Crippen MR) is 60.2 cm³/mol. The molecule has 0 aliphatic heterocycles. The van der Waals surface area contributed by atoms with Crippen molar-refractivity contribution in [2.45, 2.75) is 38.5 Å². The summed E-state index contributed by atoms with van der Waals surface area (Å²) in [5.74, 6) is 1.47. The largest absolute Gasteiger partial charge is 0.0587 e. The van der Waals surface area contributed by atoms with Crippen molar-refractivity contribution < 1.29 is 0 Å². The van der Waals surface area contributed by atoms with Crippen molar-refractivity contribution in [2.24, 2.45) is 0 Å². The van der Waals surface area contributed by atoms with Gasteiger partial charge in [0.1, 0.15) is 0 Å². The lowest BCUT2D eigenvalue weighted by Gasteiger charge is -2.08. The van der Waals surface area contributed by atoms with E-state index in [1.165, 1.54) is 28.4 Å². The number of hydrogen-bond donors (Lipinski definition) is 0. The second kappa shape index (κ2) is 3.45. The van der Waals surface area contributed by atoms with Gasteiger partial charge in [-0.3, -0.25) is 0 Å². The maximum Gasteiger partial charge on any atom is 0.0212 e. The summed E-state index contributed by atoms with van der Waals surface area (Å²) >= 11 is 3.66. The third-order valence-corrected chi connectivity index (χ3v) is 3.40. The van der Waals surface area contributed by atoms with Crippen LogP contribution in [0.2, 0.25) is 0 Å². The van der Waals surface area contributed by atoms with E-state index < -0.39 is 0 Å². The molecule has 13 heavy (non-hydrogen) atoms. The van der Waals surface area contributed by atoms with E-state index in [1.807, 2.05) is 0 Å². The summed E-state index contributed by atoms with van der Waals surface area (Å²) in [6, 6.07) is 6.83. The van der Waals surface area contributed by atoms with Crippen molar-refractivity contribution in [3.63, 3.8) is 0 Å². The zero-order valence-electron chi connectivity index (χ0n) is 8.18. The molecule has 0 spiro atoms. The Morgan fingerprint density at radius 1 is 1.31 bits per heavy atom. The molecule has 70 valence electrons. The standard InChI is InChI=1S/C12H15Br/c1-8(2)10-5-6-11(9-3-4-9)12(13)7-10/h5-9H,3-4H2,1-2H3. The van der Waals surface area contributed by atoms with E-state index in [0.717, 1.165) is 5.92 Å². The zero-order valence-corrected chi connectivity index (χ0v) is 9.76. The highest BCUT2D eigenvalue weighted by Crippen LogP contribution is 2.43. The fourth-order valence-corrected chi connectivity index (χ4v) is 2.35. The Morgan fingerprint density at radius 3 is 2.46 bits per heavy atom. The van der Waals surface area contributed by atoms with Crippen LogP contribution >= 0.6 is 15.9 Å². The first-order chi connectivity index (χ1) is 6.18. The first kappa shape index (κ1) is 9.26. The van der Waals surface area contributed by atoms with Gasteiger partial charge in [0.05, 0.1) is 0 Å². The molecule has 2 rings (SSSR count). The molecule has 0 amide bonds. The van der Waals surface area contributed by atoms with Crippen LogP contribution < -0.4 is 0 Å². The number of rotatable bonds is 2. The minimum absolute atomic E-state index is 0.629. The first-order valence-corrected chi connectivity index (χ1v) is 5.77. The fourth-order valence-electron chi connectivity index (χ4n) is 1.63. The number of benzene rings is 1. The van der Waals surface area contributed by atoms with E-state index in [1.54, 1.807) is 0 Å². The van der Waals surface area contributed by atoms with E-state index in [2.05, 4.69) is 48.0 Å². The third-order valence-electron chi connectivity index (χ3n) is 2.71. The Hall–Kier alpha value is -0.300. The van der Waals surface area contributed by atoms with Crippen molar-refractivity contribution in [3.05, 3.63) is 33.8 Å². The summed E-state index contributed by atoms with van der Waals surface area (Å²) in [5, 5.41) is 0. The van der Waals surface area contributed by atoms with Gasteiger partial charge in [0.2, 0.25) is 0 Å². The summed E-state index contributed by atoms with van der Waals surface area (Å²) in [6.07, 6.45) is 2.75. The molecular weight excluding hydrogens is 224 g/mol. The summed E-state index contributed by atoms with van der Waals surface area (Å²) < 4.78 is 1.31. The summed E-state index contributed by atoms with van der Waals surface area (Å²) in [4.78, 5) is 0. The van der Waals surface area contributed by atoms with Gasteiger partial charge < -0.3 is 0 Å². The molecule has 0 N–H and O–H groups in total. The molecule has 0 unspecified atom stereocenters. The van der Waals surface area contributed by atoms with Crippen molar-refractivity contribution in [3.8, 4) is 0 Å². The SMILES string of the molecule is CC(C)c1ccc(C2CC2)c(Br)c1. The van der Waals surface area contributed by atoms with Gasteiger partial charge in [0, 0.05) is 4.47 Å². The molecule has 1 heteroatoms. The van der Waals surface area contributed by atoms with Gasteiger partial charge in [-0.1, -0.05) is 41.9 Å². The smallest absolute Gasteiger partial charge is 0.0212 e. The average molecular weight is 239 g/mol. The summed E-state index contributed by atoms with van der Waals surface area (Å²) in [7, 11) is 0. The van der Waals surface area contributed by atoms with Crippen LogP contribution in [0.25, 0.3) is 0 Å². The van der Waals surface area contributed by atoms with Crippen molar-refractivity contribution in [1.29, 1.82) is 0 Å². The fraction of sp³-hybridized carbons (Fsp3) is 0.500. The maximum atomic E-state index is 3.66. The topological polar surface area (TPSA) is 0 Å². The van der Waals surface area contributed by atoms with Gasteiger partial charge in [0.25, 0.3) is 0 Å². The molecule has 1 saturated carbocycles. The van der Waals surface area contributed by atoms with Crippen molar-refractivity contribution >= 4 is 15.9 Å². The van der Waals surface area contributed by atoms with Crippen LogP contribution in [0.15, 0.2) is 22.7 Å². The highest BCUT2D eigenvalue weighted by atomic mass is 79.9. The van der Waals surface area contributed by atoms with E-state index in [9.17, 15) is 0 Å². The number of hydrogen-bond acceptors (Lipinski definition) is 0. The highest BCUT2D eigenvalue weighted by Gasteiger charge is 2.25. The average Bonchev–Trinajstić information content (AvgIpc) is 2.87. The second-order valence-electron chi connectivity index (χ2n) is 4.21. The Kier molecular flexibility index (Phi) is 2.46. The Morgan fingerprint density at radius 2 is 2.00 bits per heavy atom. The molecule has 1 fully saturated rings. The van der Waals surface area contributed by atoms with Gasteiger partial charge in [-0.15, -0.1) is 0 Å². The molecule has 0 aromatic heterocycles. The molecule has 0 atom stereocenters. The van der Waals surface area contributed by atoms with Gasteiger partial charge in [-0.2, -0.15) is 0 Å². The molecule has 1 aromatic rings. The molecule has 0 saturated heterocycles. The molecule has 1 aliphatic rings. The van der Waals surface area contributed by atoms with E-state index in [0.29, 0.717) is 5.92 Å². The molecule has 0 radical (unpaired) electrons. The van der Waals surface area contributed by atoms with Crippen LogP contribution in [0.3, 0.4) is 0 Å². The summed E-state index contributed by atoms with van der Waals surface area (Å²) in [6.45, 7) is 4.47. The minimum Gasteiger partial charge on any atom is -0.0587 e. The summed E-state index contributed by atoms with van der Waals surface area (Å²) in [5.41, 5.74) is 2.93. The van der Waals surface area contributed by atoms with Crippen LogP contribution in [0.1, 0.15) is 49.7 Å². The number of halogens is 1. The maximum absolute atomic E-state index is 3.66. The Labute approximate surface area is 88.5 Å². The van der Waals surface area contributed by atoms with Gasteiger partial charge >= 0.3 is 0 Å². The third kappa shape index (κ3) is 1.96. The first-order valence-electron chi connectivity index (χ1n) is 4.98. The van der Waals surface area contributed by atoms with Crippen LogP contribution in [0, 0.1) is 0 Å². The van der Waals surface area contributed by atoms with E-state index in [4.69, 9.17) is 0 Å². The van der Waals surface area contributed by atoms with Gasteiger partial charge in [-0.25, -0.2) is 0 Å². The van der Waals surface area contributed by atoms with E-state index in [-0.39, 0.29) is 0 Å². The second-order valence-corrected chi connectivity index (χ2v) is 5.06. The molecule has 1 aromatic carbocycles. The van der Waals surface area contributed by atoms with Crippen LogP contribution in [0.4, 0.5) is 0 Å². The molecule has 0 nitrogen and oxygen atoms in total. The quantitative estimate of drug-likeness (QED) is 0.715. The van der Waals surface area contributed by atoms with Crippen LogP contribution in [-0.4, -0.2) is 0 Å². The van der Waals surface area contributed by atoms with E-state index >= 15 is 0 Å². The lowest BCUT2D eigenvalue weighted by molar-refractivity contribution is 0.863. The molecule has 1 aliphatic carbocycles. The normalized spacial score (nSPS) is 16.6. The molecule has 0 bridgehead atoms. The lowest BCUT2D eigenvalue weighted by atomic mass is 10.0. The van der Waals surface area contributed by atoms with Crippen LogP contribution in [-0.2, 0) is 0 Å². The Balaban J connectivity index is 2.31. The van der Waals surface area contributed by atoms with Gasteiger partial charge in [0.15, 0.2) is 0 Å². The van der Waals surface area contributed by atoms with Crippen molar-refractivity contribution in [2.75, 3.05) is 0 Å². The molecule has 0 heterocycles.